The molecule has 27 heavy (non-hydrogen) atoms. The van der Waals surface area contributed by atoms with Gasteiger partial charge in [0.2, 0.25) is 34.8 Å². The van der Waals surface area contributed by atoms with E-state index in [4.69, 9.17) is 9.47 Å². The normalized spacial score (nSPS) is 11.0. The Labute approximate surface area is 154 Å². The molecule has 0 saturated carbocycles. The topological polar surface area (TPSA) is 44.8 Å². The van der Waals surface area contributed by atoms with Crippen LogP contribution < -0.4 is 4.74 Å². The van der Waals surface area contributed by atoms with Gasteiger partial charge >= 0.3 is 5.97 Å². The fourth-order valence-corrected chi connectivity index (χ4v) is 2.12. The Morgan fingerprint density at radius 1 is 0.704 bits per heavy atom. The highest BCUT2D eigenvalue weighted by molar-refractivity contribution is 5.72. The van der Waals surface area contributed by atoms with Crippen molar-refractivity contribution in [2.75, 3.05) is 26.4 Å². The van der Waals surface area contributed by atoms with Crippen LogP contribution in [0.25, 0.3) is 0 Å². The Morgan fingerprint density at radius 3 is 1.81 bits per heavy atom. The van der Waals surface area contributed by atoms with E-state index in [9.17, 15) is 26.7 Å². The van der Waals surface area contributed by atoms with Gasteiger partial charge in [-0.3, -0.25) is 4.79 Å². The molecule has 0 aromatic heterocycles. The predicted octanol–water partition coefficient (Wildman–Crippen LogP) is 4.68. The highest BCUT2D eigenvalue weighted by atomic mass is 19.2. The molecule has 0 aliphatic carbocycles. The first-order valence-electron chi connectivity index (χ1n) is 8.77. The minimum absolute atomic E-state index is 0.145. The van der Waals surface area contributed by atoms with Gasteiger partial charge in [-0.25, -0.2) is 13.2 Å². The van der Waals surface area contributed by atoms with Crippen molar-refractivity contribution in [3.05, 3.63) is 29.1 Å². The zero-order valence-electron chi connectivity index (χ0n) is 15.1. The third kappa shape index (κ3) is 7.80. The first kappa shape index (κ1) is 23.3. The van der Waals surface area contributed by atoms with Gasteiger partial charge in [0.05, 0.1) is 26.2 Å². The maximum absolute atomic E-state index is 13.4. The second-order valence-corrected chi connectivity index (χ2v) is 5.76. The monoisotopic (exact) mass is 398 g/mol. The molecule has 0 aliphatic heterocycles. The van der Waals surface area contributed by atoms with Crippen molar-refractivity contribution in [3.63, 3.8) is 0 Å². The molecule has 9 heteroatoms. The van der Waals surface area contributed by atoms with E-state index in [0.29, 0.717) is 13.2 Å². The van der Waals surface area contributed by atoms with E-state index < -0.39 is 47.2 Å². The van der Waals surface area contributed by atoms with Gasteiger partial charge in [0, 0.05) is 6.61 Å². The lowest BCUT2D eigenvalue weighted by molar-refractivity contribution is -0.136. The third-order valence-electron chi connectivity index (χ3n) is 3.60. The second kappa shape index (κ2) is 12.6. The van der Waals surface area contributed by atoms with E-state index in [0.717, 1.165) is 12.8 Å². The summed E-state index contributed by atoms with van der Waals surface area (Å²) in [4.78, 5) is 11.5. The molecule has 0 unspecified atom stereocenters. The predicted molar refractivity (Wildman–Crippen MR) is 86.9 cm³/mol. The van der Waals surface area contributed by atoms with Crippen molar-refractivity contribution in [2.45, 2.75) is 45.4 Å². The molecule has 1 rings (SSSR count). The Kier molecular flexibility index (Phi) is 10.9. The van der Waals surface area contributed by atoms with Crippen LogP contribution in [0.2, 0.25) is 0 Å². The first-order chi connectivity index (χ1) is 12.9. The average molecular weight is 398 g/mol. The molecule has 0 spiro atoms. The number of ether oxygens (including phenoxy) is 3. The SMILES string of the molecule is CCCCCCCOCCOCCC(=O)Oc1c(F)c(F)c(F)c(F)c1F. The molecular weight excluding hydrogens is 375 g/mol. The molecule has 154 valence electrons. The van der Waals surface area contributed by atoms with Crippen molar-refractivity contribution in [2.24, 2.45) is 0 Å². The average Bonchev–Trinajstić information content (AvgIpc) is 2.66. The summed E-state index contributed by atoms with van der Waals surface area (Å²) in [5.74, 6) is -13.9. The largest absolute Gasteiger partial charge is 0.420 e. The number of carbonyl (C=O) groups is 1. The molecule has 0 fully saturated rings. The van der Waals surface area contributed by atoms with E-state index >= 15 is 0 Å². The fourth-order valence-electron chi connectivity index (χ4n) is 2.12. The van der Waals surface area contributed by atoms with E-state index in [1.165, 1.54) is 19.3 Å². The van der Waals surface area contributed by atoms with Gasteiger partial charge in [0.1, 0.15) is 0 Å². The summed E-state index contributed by atoms with van der Waals surface area (Å²) in [5.41, 5.74) is 0. The van der Waals surface area contributed by atoms with Gasteiger partial charge < -0.3 is 14.2 Å². The first-order valence-corrected chi connectivity index (χ1v) is 8.77. The Hall–Kier alpha value is -1.74. The number of carbonyl (C=O) groups excluding carboxylic acids is 1. The van der Waals surface area contributed by atoms with Crippen LogP contribution in [0, 0.1) is 29.1 Å². The maximum atomic E-state index is 13.4. The molecule has 4 nitrogen and oxygen atoms in total. The zero-order chi connectivity index (χ0) is 20.2. The molecule has 0 bridgehead atoms. The van der Waals surface area contributed by atoms with Gasteiger partial charge in [0.15, 0.2) is 0 Å². The highest BCUT2D eigenvalue weighted by Gasteiger charge is 2.28. The Bertz CT molecular complexity index is 581. The minimum Gasteiger partial charge on any atom is -0.420 e. The van der Waals surface area contributed by atoms with Crippen LogP contribution in [0.5, 0.6) is 5.75 Å². The quantitative estimate of drug-likeness (QED) is 0.121. The number of halogens is 5. The molecular formula is C18H23F5O4. The molecule has 1 aromatic carbocycles. The summed E-state index contributed by atoms with van der Waals surface area (Å²) in [6, 6.07) is 0. The summed E-state index contributed by atoms with van der Waals surface area (Å²) in [6.07, 6.45) is 5.16. The highest BCUT2D eigenvalue weighted by Crippen LogP contribution is 2.29. The number of benzene rings is 1. The zero-order valence-corrected chi connectivity index (χ0v) is 15.1. The maximum Gasteiger partial charge on any atom is 0.313 e. The molecule has 0 aliphatic rings. The summed E-state index contributed by atoms with van der Waals surface area (Å²) < 4.78 is 80.3. The van der Waals surface area contributed by atoms with Crippen molar-refractivity contribution in [1.82, 2.24) is 0 Å². The molecule has 0 atom stereocenters. The molecule has 0 amide bonds. The van der Waals surface area contributed by atoms with Crippen LogP contribution in [0.4, 0.5) is 22.0 Å². The molecule has 0 heterocycles. The van der Waals surface area contributed by atoms with Gasteiger partial charge in [-0.1, -0.05) is 32.6 Å². The molecule has 1 aromatic rings. The summed E-state index contributed by atoms with van der Waals surface area (Å²) in [7, 11) is 0. The lowest BCUT2D eigenvalue weighted by Gasteiger charge is -2.09. The van der Waals surface area contributed by atoms with Crippen LogP contribution >= 0.6 is 0 Å². The van der Waals surface area contributed by atoms with E-state index in [2.05, 4.69) is 11.7 Å². The van der Waals surface area contributed by atoms with Gasteiger partial charge in [-0.2, -0.15) is 8.78 Å². The van der Waals surface area contributed by atoms with Crippen LogP contribution in [0.3, 0.4) is 0 Å². The third-order valence-corrected chi connectivity index (χ3v) is 3.60. The Morgan fingerprint density at radius 2 is 1.22 bits per heavy atom. The molecule has 0 saturated heterocycles. The summed E-state index contributed by atoms with van der Waals surface area (Å²) >= 11 is 0. The second-order valence-electron chi connectivity index (χ2n) is 5.76. The lowest BCUT2D eigenvalue weighted by atomic mass is 10.2. The van der Waals surface area contributed by atoms with Crippen molar-refractivity contribution < 1.29 is 41.0 Å². The minimum atomic E-state index is -2.32. The number of unbranched alkanes of at least 4 members (excludes halogenated alkanes) is 4. The van der Waals surface area contributed by atoms with E-state index in [1.807, 2.05) is 0 Å². The van der Waals surface area contributed by atoms with Crippen molar-refractivity contribution in [3.8, 4) is 5.75 Å². The number of hydrogen-bond acceptors (Lipinski definition) is 4. The van der Waals surface area contributed by atoms with Crippen LogP contribution in [0.15, 0.2) is 0 Å². The lowest BCUT2D eigenvalue weighted by Crippen LogP contribution is -2.16. The van der Waals surface area contributed by atoms with Gasteiger partial charge in [-0.05, 0) is 6.42 Å². The number of hydrogen-bond donors (Lipinski definition) is 0. The number of esters is 1. The smallest absolute Gasteiger partial charge is 0.313 e. The van der Waals surface area contributed by atoms with Crippen LogP contribution in [-0.2, 0) is 14.3 Å². The van der Waals surface area contributed by atoms with Gasteiger partial charge in [0.25, 0.3) is 0 Å². The van der Waals surface area contributed by atoms with Gasteiger partial charge in [-0.15, -0.1) is 0 Å². The van der Waals surface area contributed by atoms with Crippen molar-refractivity contribution >= 4 is 5.97 Å². The van der Waals surface area contributed by atoms with E-state index in [1.54, 1.807) is 0 Å². The standard InChI is InChI=1S/C18H23F5O4/c1-2-3-4-5-6-8-25-10-11-26-9-7-12(24)27-18-16(22)14(20)13(19)15(21)17(18)23/h2-11H2,1H3. The molecule has 0 N–H and O–H groups in total. The van der Waals surface area contributed by atoms with Crippen molar-refractivity contribution in [1.29, 1.82) is 0 Å². The van der Waals surface area contributed by atoms with Crippen LogP contribution in [0.1, 0.15) is 45.4 Å². The molecule has 0 radical (unpaired) electrons. The Balaban J connectivity index is 2.22. The summed E-state index contributed by atoms with van der Waals surface area (Å²) in [5, 5.41) is 0. The van der Waals surface area contributed by atoms with Crippen LogP contribution in [-0.4, -0.2) is 32.4 Å². The number of rotatable bonds is 13. The summed E-state index contributed by atoms with van der Waals surface area (Å²) in [6.45, 7) is 3.11. The fraction of sp³-hybridized carbons (Fsp3) is 0.611. The van der Waals surface area contributed by atoms with E-state index in [-0.39, 0.29) is 13.2 Å².